The van der Waals surface area contributed by atoms with Crippen LogP contribution in [0.1, 0.15) is 15.9 Å². The van der Waals surface area contributed by atoms with Gasteiger partial charge < -0.3 is 9.80 Å². The molecule has 2 rings (SSSR count). The molecule has 0 spiro atoms. The first kappa shape index (κ1) is 13.1. The van der Waals surface area contributed by atoms with Crippen molar-refractivity contribution in [3.63, 3.8) is 0 Å². The zero-order valence-corrected chi connectivity index (χ0v) is 11.4. The van der Waals surface area contributed by atoms with Crippen molar-refractivity contribution in [2.75, 3.05) is 26.0 Å². The van der Waals surface area contributed by atoms with Crippen molar-refractivity contribution >= 4 is 11.6 Å². The van der Waals surface area contributed by atoms with Gasteiger partial charge in [0.1, 0.15) is 0 Å². The van der Waals surface area contributed by atoms with Crippen molar-refractivity contribution in [2.45, 2.75) is 6.54 Å². The minimum absolute atomic E-state index is 0.00602. The van der Waals surface area contributed by atoms with Crippen LogP contribution in [0.25, 0.3) is 0 Å². The number of hydrogen-bond acceptors (Lipinski definition) is 3. The number of anilines is 1. The molecule has 5 nitrogen and oxygen atoms in total. The van der Waals surface area contributed by atoms with Gasteiger partial charge >= 0.3 is 0 Å². The minimum Gasteiger partial charge on any atom is -0.378 e. The molecule has 0 unspecified atom stereocenters. The van der Waals surface area contributed by atoms with Crippen LogP contribution in [-0.4, -0.2) is 42.1 Å². The molecule has 1 aromatic heterocycles. The van der Waals surface area contributed by atoms with Gasteiger partial charge in [-0.05, 0) is 24.3 Å². The van der Waals surface area contributed by atoms with Gasteiger partial charge in [0.15, 0.2) is 0 Å². The van der Waals surface area contributed by atoms with Crippen molar-refractivity contribution in [1.82, 2.24) is 15.1 Å². The highest BCUT2D eigenvalue weighted by molar-refractivity contribution is 5.94. The van der Waals surface area contributed by atoms with Gasteiger partial charge in [-0.1, -0.05) is 0 Å². The number of aromatic amines is 1. The Morgan fingerprint density at radius 2 is 1.89 bits per heavy atom. The molecular formula is C14H18N4O. The number of rotatable bonds is 4. The van der Waals surface area contributed by atoms with E-state index in [2.05, 4.69) is 10.2 Å². The molecule has 0 fully saturated rings. The summed E-state index contributed by atoms with van der Waals surface area (Å²) in [5.74, 6) is 0.00602. The van der Waals surface area contributed by atoms with E-state index in [1.165, 1.54) is 0 Å². The number of H-pyrrole nitrogens is 1. The number of amides is 1. The fraction of sp³-hybridized carbons (Fsp3) is 0.286. The van der Waals surface area contributed by atoms with Crippen LogP contribution in [0.4, 0.5) is 5.69 Å². The quantitative estimate of drug-likeness (QED) is 0.909. The van der Waals surface area contributed by atoms with Gasteiger partial charge in [-0.3, -0.25) is 9.89 Å². The molecule has 100 valence electrons. The van der Waals surface area contributed by atoms with E-state index in [0.29, 0.717) is 12.1 Å². The fourth-order valence-corrected chi connectivity index (χ4v) is 1.83. The summed E-state index contributed by atoms with van der Waals surface area (Å²) in [6, 6.07) is 7.59. The first-order valence-electron chi connectivity index (χ1n) is 6.08. The predicted octanol–water partition coefficient (Wildman–Crippen LogP) is 1.75. The largest absolute Gasteiger partial charge is 0.378 e. The molecule has 0 atom stereocenters. The second-order valence-electron chi connectivity index (χ2n) is 4.71. The van der Waals surface area contributed by atoms with Crippen molar-refractivity contribution < 1.29 is 4.79 Å². The second kappa shape index (κ2) is 5.56. The molecule has 1 aromatic carbocycles. The Labute approximate surface area is 112 Å². The molecule has 0 saturated heterocycles. The zero-order valence-electron chi connectivity index (χ0n) is 11.4. The SMILES string of the molecule is CN(Cc1cn[nH]c1)C(=O)c1ccc(N(C)C)cc1. The Hall–Kier alpha value is -2.30. The van der Waals surface area contributed by atoms with Gasteiger partial charge in [0.25, 0.3) is 5.91 Å². The number of nitrogens with zero attached hydrogens (tertiary/aromatic N) is 3. The van der Waals surface area contributed by atoms with Crippen molar-refractivity contribution in [1.29, 1.82) is 0 Å². The van der Waals surface area contributed by atoms with E-state index in [1.807, 2.05) is 43.3 Å². The summed E-state index contributed by atoms with van der Waals surface area (Å²) in [6.07, 6.45) is 3.51. The van der Waals surface area contributed by atoms with Gasteiger partial charge in [-0.25, -0.2) is 0 Å². The molecule has 0 aliphatic heterocycles. The molecule has 1 heterocycles. The molecule has 0 bridgehead atoms. The Balaban J connectivity index is 2.06. The molecule has 0 aliphatic carbocycles. The number of nitrogens with one attached hydrogen (secondary N) is 1. The lowest BCUT2D eigenvalue weighted by Gasteiger charge is -2.17. The van der Waals surface area contributed by atoms with Crippen molar-refractivity contribution in [3.8, 4) is 0 Å². The van der Waals surface area contributed by atoms with Gasteiger partial charge in [-0.15, -0.1) is 0 Å². The maximum atomic E-state index is 12.2. The lowest BCUT2D eigenvalue weighted by molar-refractivity contribution is 0.0785. The third kappa shape index (κ3) is 3.13. The van der Waals surface area contributed by atoms with Crippen LogP contribution < -0.4 is 4.90 Å². The van der Waals surface area contributed by atoms with Crippen LogP contribution in [-0.2, 0) is 6.54 Å². The van der Waals surface area contributed by atoms with Gasteiger partial charge in [0.2, 0.25) is 0 Å². The Bertz CT molecular complexity index is 531. The van der Waals surface area contributed by atoms with E-state index in [4.69, 9.17) is 0 Å². The van der Waals surface area contributed by atoms with Crippen molar-refractivity contribution in [2.24, 2.45) is 0 Å². The standard InChI is InChI=1S/C14H18N4O/c1-17(2)13-6-4-12(5-7-13)14(19)18(3)10-11-8-15-16-9-11/h4-9H,10H2,1-3H3,(H,15,16). The molecule has 0 radical (unpaired) electrons. The molecule has 2 aromatic rings. The molecule has 1 amide bonds. The lowest BCUT2D eigenvalue weighted by Crippen LogP contribution is -2.26. The molecule has 0 saturated carbocycles. The summed E-state index contributed by atoms with van der Waals surface area (Å²) in [6.45, 7) is 0.546. The molecule has 19 heavy (non-hydrogen) atoms. The first-order chi connectivity index (χ1) is 9.08. The average molecular weight is 258 g/mol. The summed E-state index contributed by atoms with van der Waals surface area (Å²) in [7, 11) is 5.74. The minimum atomic E-state index is 0.00602. The summed E-state index contributed by atoms with van der Waals surface area (Å²) in [4.78, 5) is 15.9. The van der Waals surface area contributed by atoms with Crippen LogP contribution in [0, 0.1) is 0 Å². The fourth-order valence-electron chi connectivity index (χ4n) is 1.83. The molecule has 0 aliphatic rings. The summed E-state index contributed by atoms with van der Waals surface area (Å²) >= 11 is 0. The van der Waals surface area contributed by atoms with Crippen LogP contribution in [0.3, 0.4) is 0 Å². The monoisotopic (exact) mass is 258 g/mol. The van der Waals surface area contributed by atoms with Crippen LogP contribution >= 0.6 is 0 Å². The Kier molecular flexibility index (Phi) is 3.85. The topological polar surface area (TPSA) is 52.2 Å². The Morgan fingerprint density at radius 3 is 2.42 bits per heavy atom. The molecule has 5 heteroatoms. The number of carbonyl (C=O) groups is 1. The highest BCUT2D eigenvalue weighted by Gasteiger charge is 2.12. The Morgan fingerprint density at radius 1 is 1.21 bits per heavy atom. The average Bonchev–Trinajstić information content (AvgIpc) is 2.90. The third-order valence-corrected chi connectivity index (χ3v) is 2.95. The van der Waals surface area contributed by atoms with Gasteiger partial charge in [0, 0.05) is 50.7 Å². The third-order valence-electron chi connectivity index (χ3n) is 2.95. The smallest absolute Gasteiger partial charge is 0.253 e. The number of hydrogen-bond donors (Lipinski definition) is 1. The maximum absolute atomic E-state index is 12.2. The number of aromatic nitrogens is 2. The summed E-state index contributed by atoms with van der Waals surface area (Å²) in [5.41, 5.74) is 2.76. The summed E-state index contributed by atoms with van der Waals surface area (Å²) < 4.78 is 0. The van der Waals surface area contributed by atoms with E-state index in [0.717, 1.165) is 11.3 Å². The highest BCUT2D eigenvalue weighted by Crippen LogP contribution is 2.14. The van der Waals surface area contributed by atoms with Crippen LogP contribution in [0.15, 0.2) is 36.7 Å². The van der Waals surface area contributed by atoms with E-state index in [1.54, 1.807) is 24.3 Å². The normalized spacial score (nSPS) is 10.3. The lowest BCUT2D eigenvalue weighted by atomic mass is 10.1. The van der Waals surface area contributed by atoms with Gasteiger partial charge in [0.05, 0.1) is 6.20 Å². The first-order valence-corrected chi connectivity index (χ1v) is 6.08. The van der Waals surface area contributed by atoms with E-state index in [-0.39, 0.29) is 5.91 Å². The zero-order chi connectivity index (χ0) is 13.8. The number of carbonyl (C=O) groups excluding carboxylic acids is 1. The summed E-state index contributed by atoms with van der Waals surface area (Å²) in [5, 5.41) is 6.61. The van der Waals surface area contributed by atoms with E-state index in [9.17, 15) is 4.79 Å². The predicted molar refractivity (Wildman–Crippen MR) is 75.2 cm³/mol. The highest BCUT2D eigenvalue weighted by atomic mass is 16.2. The maximum Gasteiger partial charge on any atom is 0.253 e. The van der Waals surface area contributed by atoms with Crippen molar-refractivity contribution in [3.05, 3.63) is 47.8 Å². The number of benzene rings is 1. The second-order valence-corrected chi connectivity index (χ2v) is 4.71. The van der Waals surface area contributed by atoms with E-state index < -0.39 is 0 Å². The van der Waals surface area contributed by atoms with Crippen LogP contribution in [0.2, 0.25) is 0 Å². The van der Waals surface area contributed by atoms with Gasteiger partial charge in [-0.2, -0.15) is 5.10 Å². The molecular weight excluding hydrogens is 240 g/mol. The van der Waals surface area contributed by atoms with Crippen LogP contribution in [0.5, 0.6) is 0 Å². The van der Waals surface area contributed by atoms with E-state index >= 15 is 0 Å². The molecule has 1 N–H and O–H groups in total.